The third-order valence-corrected chi connectivity index (χ3v) is 6.40. The number of carbonyl (C=O) groups excluding carboxylic acids is 1. The summed E-state index contributed by atoms with van der Waals surface area (Å²) in [6, 6.07) is 12.2. The van der Waals surface area contributed by atoms with Gasteiger partial charge in [0.2, 0.25) is 15.9 Å². The zero-order valence-corrected chi connectivity index (χ0v) is 14.9. The molecule has 1 amide bonds. The number of amides is 1. The van der Waals surface area contributed by atoms with E-state index in [1.807, 2.05) is 0 Å². The maximum absolute atomic E-state index is 13.1. The quantitative estimate of drug-likeness (QED) is 0.816. The molecule has 2 aliphatic rings. The van der Waals surface area contributed by atoms with E-state index in [0.29, 0.717) is 18.5 Å². The highest BCUT2D eigenvalue weighted by Gasteiger charge is 2.51. The predicted molar refractivity (Wildman–Crippen MR) is 95.7 cm³/mol. The van der Waals surface area contributed by atoms with Crippen molar-refractivity contribution < 1.29 is 17.6 Å². The molecule has 2 N–H and O–H groups in total. The van der Waals surface area contributed by atoms with Gasteiger partial charge < -0.3 is 5.32 Å². The molecular weight excluding hydrogens is 355 g/mol. The number of sulfonamides is 1. The van der Waals surface area contributed by atoms with Gasteiger partial charge in [-0.1, -0.05) is 18.2 Å². The minimum Gasteiger partial charge on any atom is -0.325 e. The molecule has 0 atom stereocenters. The molecule has 2 aromatic rings. The fourth-order valence-corrected chi connectivity index (χ4v) is 4.37. The van der Waals surface area contributed by atoms with Crippen LogP contribution in [0.15, 0.2) is 53.4 Å². The fraction of sp³-hybridized carbons (Fsp3) is 0.316. The summed E-state index contributed by atoms with van der Waals surface area (Å²) in [5.41, 5.74) is 0.548. The van der Waals surface area contributed by atoms with E-state index in [2.05, 4.69) is 10.0 Å². The first-order chi connectivity index (χ1) is 12.4. The molecule has 5 nitrogen and oxygen atoms in total. The Bertz CT molecular complexity index is 949. The second kappa shape index (κ2) is 6.17. The van der Waals surface area contributed by atoms with E-state index in [1.54, 1.807) is 24.3 Å². The Balaban J connectivity index is 1.53. The van der Waals surface area contributed by atoms with Gasteiger partial charge in [-0.25, -0.2) is 17.5 Å². The first-order valence-electron chi connectivity index (χ1n) is 8.59. The van der Waals surface area contributed by atoms with Gasteiger partial charge in [0.15, 0.2) is 0 Å². The monoisotopic (exact) mass is 374 g/mol. The number of anilines is 1. The second-order valence-corrected chi connectivity index (χ2v) is 8.68. The van der Waals surface area contributed by atoms with E-state index in [1.165, 1.54) is 24.3 Å². The summed E-state index contributed by atoms with van der Waals surface area (Å²) in [6.07, 6.45) is 3.09. The average Bonchev–Trinajstić information content (AvgIpc) is 3.51. The van der Waals surface area contributed by atoms with Crippen LogP contribution in [0.3, 0.4) is 0 Å². The Morgan fingerprint density at radius 3 is 2.38 bits per heavy atom. The molecule has 0 saturated heterocycles. The summed E-state index contributed by atoms with van der Waals surface area (Å²) in [7, 11) is -3.58. The van der Waals surface area contributed by atoms with Crippen molar-refractivity contribution in [2.75, 3.05) is 5.32 Å². The van der Waals surface area contributed by atoms with E-state index in [-0.39, 0.29) is 22.7 Å². The van der Waals surface area contributed by atoms with Crippen molar-refractivity contribution in [3.05, 3.63) is 59.9 Å². The van der Waals surface area contributed by atoms with Gasteiger partial charge in [-0.15, -0.1) is 0 Å². The molecule has 2 aromatic carbocycles. The van der Waals surface area contributed by atoms with E-state index >= 15 is 0 Å². The molecule has 0 aromatic heterocycles. The van der Waals surface area contributed by atoms with Crippen molar-refractivity contribution in [3.63, 3.8) is 0 Å². The van der Waals surface area contributed by atoms with Crippen LogP contribution in [0.4, 0.5) is 10.1 Å². The average molecular weight is 374 g/mol. The molecule has 2 aliphatic carbocycles. The smallest absolute Gasteiger partial charge is 0.240 e. The molecular formula is C19H19FN2O3S. The van der Waals surface area contributed by atoms with Crippen LogP contribution in [0.1, 0.15) is 31.2 Å². The minimum absolute atomic E-state index is 0.0199. The van der Waals surface area contributed by atoms with Gasteiger partial charge in [0.05, 0.1) is 10.3 Å². The number of benzene rings is 2. The van der Waals surface area contributed by atoms with E-state index in [0.717, 1.165) is 18.4 Å². The number of hydrogen-bond acceptors (Lipinski definition) is 3. The number of halogens is 1. The van der Waals surface area contributed by atoms with Crippen LogP contribution in [0.2, 0.25) is 0 Å². The van der Waals surface area contributed by atoms with Gasteiger partial charge >= 0.3 is 0 Å². The molecule has 0 radical (unpaired) electrons. The van der Waals surface area contributed by atoms with Crippen LogP contribution in [-0.2, 0) is 20.2 Å². The molecule has 0 aliphatic heterocycles. The van der Waals surface area contributed by atoms with Crippen LogP contribution >= 0.6 is 0 Å². The van der Waals surface area contributed by atoms with Crippen LogP contribution in [0.5, 0.6) is 0 Å². The summed E-state index contributed by atoms with van der Waals surface area (Å²) in [6.45, 7) is 0. The molecule has 26 heavy (non-hydrogen) atoms. The molecule has 4 rings (SSSR count). The highest BCUT2D eigenvalue weighted by molar-refractivity contribution is 7.89. The van der Waals surface area contributed by atoms with Crippen LogP contribution in [0, 0.1) is 5.82 Å². The Kier molecular flexibility index (Phi) is 4.08. The largest absolute Gasteiger partial charge is 0.325 e. The van der Waals surface area contributed by atoms with Crippen LogP contribution in [-0.4, -0.2) is 20.4 Å². The molecule has 136 valence electrons. The standard InChI is InChI=1S/C19H19FN2O3S/c20-14-6-4-13(5-7-14)19(10-11-19)18(23)21-16-2-1-3-17(12-16)26(24,25)22-15-8-9-15/h1-7,12,15,22H,8-11H2,(H,21,23). The SMILES string of the molecule is O=C(Nc1cccc(S(=O)(=O)NC2CC2)c1)C1(c2ccc(F)cc2)CC1. The Morgan fingerprint density at radius 1 is 1.08 bits per heavy atom. The summed E-state index contributed by atoms with van der Waals surface area (Å²) >= 11 is 0. The zero-order valence-electron chi connectivity index (χ0n) is 14.0. The summed E-state index contributed by atoms with van der Waals surface area (Å²) < 4.78 is 40.4. The zero-order chi connectivity index (χ0) is 18.4. The third-order valence-electron chi connectivity index (χ3n) is 4.88. The van der Waals surface area contributed by atoms with Crippen LogP contribution in [0.25, 0.3) is 0 Å². The number of carbonyl (C=O) groups is 1. The molecule has 0 spiro atoms. The van der Waals surface area contributed by atoms with Crippen molar-refractivity contribution in [3.8, 4) is 0 Å². The summed E-state index contributed by atoms with van der Waals surface area (Å²) in [5.74, 6) is -0.542. The van der Waals surface area contributed by atoms with Gasteiger partial charge in [-0.05, 0) is 61.6 Å². The van der Waals surface area contributed by atoms with Gasteiger partial charge in [-0.3, -0.25) is 4.79 Å². The predicted octanol–water partition coefficient (Wildman–Crippen LogP) is 2.94. The molecule has 2 saturated carbocycles. The molecule has 0 unspecified atom stereocenters. The Labute approximate surface area is 151 Å². The minimum atomic E-state index is -3.58. The Hall–Kier alpha value is -2.25. The maximum Gasteiger partial charge on any atom is 0.240 e. The first-order valence-corrected chi connectivity index (χ1v) is 10.1. The summed E-state index contributed by atoms with van der Waals surface area (Å²) in [4.78, 5) is 12.9. The molecule has 0 bridgehead atoms. The van der Waals surface area contributed by atoms with Crippen molar-refractivity contribution in [1.82, 2.24) is 4.72 Å². The lowest BCUT2D eigenvalue weighted by molar-refractivity contribution is -0.118. The topological polar surface area (TPSA) is 75.3 Å². The lowest BCUT2D eigenvalue weighted by Gasteiger charge is -2.16. The maximum atomic E-state index is 13.1. The van der Waals surface area contributed by atoms with E-state index in [9.17, 15) is 17.6 Å². The first kappa shape index (κ1) is 17.2. The van der Waals surface area contributed by atoms with Gasteiger partial charge in [-0.2, -0.15) is 0 Å². The summed E-state index contributed by atoms with van der Waals surface area (Å²) in [5, 5.41) is 2.81. The fourth-order valence-electron chi connectivity index (χ4n) is 3.02. The molecule has 0 heterocycles. The third kappa shape index (κ3) is 3.37. The Morgan fingerprint density at radius 2 is 1.77 bits per heavy atom. The number of nitrogens with one attached hydrogen (secondary N) is 2. The van der Waals surface area contributed by atoms with Gasteiger partial charge in [0.25, 0.3) is 0 Å². The number of hydrogen-bond donors (Lipinski definition) is 2. The van der Waals surface area contributed by atoms with Crippen molar-refractivity contribution in [2.24, 2.45) is 0 Å². The molecule has 7 heteroatoms. The lowest BCUT2D eigenvalue weighted by Crippen LogP contribution is -2.28. The van der Waals surface area contributed by atoms with Crippen LogP contribution < -0.4 is 10.0 Å². The van der Waals surface area contributed by atoms with Gasteiger partial charge in [0, 0.05) is 11.7 Å². The molecule has 2 fully saturated rings. The van der Waals surface area contributed by atoms with Crippen molar-refractivity contribution in [2.45, 2.75) is 42.0 Å². The lowest BCUT2D eigenvalue weighted by atomic mass is 9.95. The highest BCUT2D eigenvalue weighted by atomic mass is 32.2. The van der Waals surface area contributed by atoms with E-state index < -0.39 is 15.4 Å². The normalized spacial score (nSPS) is 18.3. The highest BCUT2D eigenvalue weighted by Crippen LogP contribution is 2.49. The van der Waals surface area contributed by atoms with E-state index in [4.69, 9.17) is 0 Å². The van der Waals surface area contributed by atoms with Crippen molar-refractivity contribution in [1.29, 1.82) is 0 Å². The van der Waals surface area contributed by atoms with Gasteiger partial charge in [0.1, 0.15) is 5.82 Å². The second-order valence-electron chi connectivity index (χ2n) is 6.97. The van der Waals surface area contributed by atoms with Crippen molar-refractivity contribution >= 4 is 21.6 Å². The number of rotatable bonds is 6.